The zero-order chi connectivity index (χ0) is 18.4. The molecule has 142 valence electrons. The molecule has 1 saturated carbocycles. The van der Waals surface area contributed by atoms with Crippen molar-refractivity contribution in [1.29, 1.82) is 0 Å². The topological polar surface area (TPSA) is 70.2 Å². The van der Waals surface area contributed by atoms with Crippen LogP contribution in [0.25, 0.3) is 0 Å². The van der Waals surface area contributed by atoms with Crippen LogP contribution in [-0.2, 0) is 4.74 Å². The summed E-state index contributed by atoms with van der Waals surface area (Å²) in [5, 5.41) is 10.6. The highest BCUT2D eigenvalue weighted by Gasteiger charge is 2.39. The van der Waals surface area contributed by atoms with Crippen LogP contribution in [0.4, 0.5) is 0 Å². The highest BCUT2D eigenvalue weighted by atomic mass is 16.5. The maximum Gasteiger partial charge on any atom is 0.255 e. The quantitative estimate of drug-likeness (QED) is 0.872. The van der Waals surface area contributed by atoms with Gasteiger partial charge in [0.15, 0.2) is 0 Å². The van der Waals surface area contributed by atoms with E-state index in [-0.39, 0.29) is 18.1 Å². The number of morpholine rings is 1. The van der Waals surface area contributed by atoms with Gasteiger partial charge >= 0.3 is 0 Å². The SMILES string of the molecule is Cc1[nH]nc(C2CC2)c1C(=O)N[C@H]1C[C@H]2CO[C@@H](c3ccccc3)CN2C1. The van der Waals surface area contributed by atoms with Gasteiger partial charge < -0.3 is 10.1 Å². The standard InChI is InChI=1S/C21H26N4O2/c1-13-19(20(24-23-13)15-7-8-15)21(26)22-16-9-17-12-27-18(11-25(17)10-16)14-5-3-2-4-6-14/h2-6,15-18H,7-12H2,1H3,(H,22,26)(H,23,24)/t16-,17-,18+/m0/s1. The summed E-state index contributed by atoms with van der Waals surface area (Å²) in [6, 6.07) is 11.0. The number of carbonyl (C=O) groups excluding carboxylic acids is 1. The Labute approximate surface area is 159 Å². The van der Waals surface area contributed by atoms with Crippen LogP contribution in [0, 0.1) is 6.92 Å². The molecule has 6 heteroatoms. The van der Waals surface area contributed by atoms with Crippen LogP contribution in [0.2, 0.25) is 0 Å². The third-order valence-corrected chi connectivity index (χ3v) is 6.09. The average Bonchev–Trinajstić information content (AvgIpc) is 3.33. The molecule has 27 heavy (non-hydrogen) atoms. The Kier molecular flexibility index (Phi) is 4.25. The maximum absolute atomic E-state index is 12.9. The van der Waals surface area contributed by atoms with Gasteiger partial charge in [0.25, 0.3) is 5.91 Å². The largest absolute Gasteiger partial charge is 0.371 e. The second kappa shape index (κ2) is 6.77. The van der Waals surface area contributed by atoms with Crippen LogP contribution in [0.1, 0.15) is 58.6 Å². The maximum atomic E-state index is 12.9. The number of hydrogen-bond donors (Lipinski definition) is 2. The highest BCUT2D eigenvalue weighted by molar-refractivity contribution is 5.96. The number of amides is 1. The Morgan fingerprint density at radius 1 is 1.26 bits per heavy atom. The molecule has 1 aromatic carbocycles. The van der Waals surface area contributed by atoms with E-state index in [1.165, 1.54) is 5.56 Å². The van der Waals surface area contributed by atoms with Gasteiger partial charge in [-0.25, -0.2) is 0 Å². The van der Waals surface area contributed by atoms with E-state index in [2.05, 4.69) is 44.7 Å². The van der Waals surface area contributed by atoms with Gasteiger partial charge in [-0.05, 0) is 31.7 Å². The third kappa shape index (κ3) is 3.28. The number of hydrogen-bond acceptors (Lipinski definition) is 4. The summed E-state index contributed by atoms with van der Waals surface area (Å²) < 4.78 is 6.11. The van der Waals surface area contributed by atoms with Gasteiger partial charge in [0.1, 0.15) is 0 Å². The summed E-state index contributed by atoms with van der Waals surface area (Å²) in [5.41, 5.74) is 3.82. The molecule has 3 atom stereocenters. The van der Waals surface area contributed by atoms with Crippen molar-refractivity contribution in [2.45, 2.75) is 50.3 Å². The van der Waals surface area contributed by atoms with E-state index in [1.807, 2.05) is 13.0 Å². The molecule has 2 N–H and O–H groups in total. The van der Waals surface area contributed by atoms with Crippen molar-refractivity contribution in [3.05, 3.63) is 52.8 Å². The molecule has 0 unspecified atom stereocenters. The Bertz CT molecular complexity index is 830. The molecule has 3 heterocycles. The van der Waals surface area contributed by atoms with E-state index < -0.39 is 0 Å². The van der Waals surface area contributed by atoms with E-state index in [0.29, 0.717) is 12.0 Å². The second-order valence-electron chi connectivity index (χ2n) is 8.13. The van der Waals surface area contributed by atoms with Gasteiger partial charge in [-0.2, -0.15) is 5.10 Å². The molecular formula is C21H26N4O2. The normalized spacial score (nSPS) is 28.1. The second-order valence-corrected chi connectivity index (χ2v) is 8.13. The first kappa shape index (κ1) is 17.0. The van der Waals surface area contributed by atoms with Crippen LogP contribution in [0.5, 0.6) is 0 Å². The molecule has 3 fully saturated rings. The van der Waals surface area contributed by atoms with Crippen LogP contribution < -0.4 is 5.32 Å². The number of nitrogens with zero attached hydrogens (tertiary/aromatic N) is 2. The van der Waals surface area contributed by atoms with Gasteiger partial charge in [-0.3, -0.25) is 14.8 Å². The minimum atomic E-state index is 0.0218. The van der Waals surface area contributed by atoms with Gasteiger partial charge in [0, 0.05) is 36.8 Å². The van der Waals surface area contributed by atoms with Crippen molar-refractivity contribution < 1.29 is 9.53 Å². The van der Waals surface area contributed by atoms with Gasteiger partial charge in [-0.1, -0.05) is 30.3 Å². The summed E-state index contributed by atoms with van der Waals surface area (Å²) in [7, 11) is 0. The van der Waals surface area contributed by atoms with Crippen LogP contribution >= 0.6 is 0 Å². The van der Waals surface area contributed by atoms with Gasteiger partial charge in [-0.15, -0.1) is 0 Å². The predicted molar refractivity (Wildman–Crippen MR) is 102 cm³/mol. The molecule has 1 aromatic heterocycles. The number of benzene rings is 1. The molecule has 2 aromatic rings. The lowest BCUT2D eigenvalue weighted by Gasteiger charge is -2.35. The fraction of sp³-hybridized carbons (Fsp3) is 0.524. The molecule has 1 aliphatic carbocycles. The lowest BCUT2D eigenvalue weighted by atomic mass is 10.1. The molecular weight excluding hydrogens is 340 g/mol. The number of fused-ring (bicyclic) bond motifs is 1. The summed E-state index contributed by atoms with van der Waals surface area (Å²) in [4.78, 5) is 15.4. The molecule has 2 aliphatic heterocycles. The lowest BCUT2D eigenvalue weighted by molar-refractivity contribution is -0.0502. The van der Waals surface area contributed by atoms with E-state index in [0.717, 1.165) is 55.9 Å². The predicted octanol–water partition coefficient (Wildman–Crippen LogP) is 2.54. The zero-order valence-electron chi connectivity index (χ0n) is 15.6. The number of rotatable bonds is 4. The number of carbonyl (C=O) groups is 1. The Morgan fingerprint density at radius 2 is 2.07 bits per heavy atom. The number of aryl methyl sites for hydroxylation is 1. The van der Waals surface area contributed by atoms with Crippen molar-refractivity contribution in [3.63, 3.8) is 0 Å². The summed E-state index contributed by atoms with van der Waals surface area (Å²) in [5.74, 6) is 0.485. The van der Waals surface area contributed by atoms with E-state index in [1.54, 1.807) is 0 Å². The first-order chi connectivity index (χ1) is 13.2. The summed E-state index contributed by atoms with van der Waals surface area (Å²) in [6.45, 7) is 4.44. The Hall–Kier alpha value is -2.18. The first-order valence-corrected chi connectivity index (χ1v) is 9.95. The third-order valence-electron chi connectivity index (χ3n) is 6.09. The van der Waals surface area contributed by atoms with Crippen molar-refractivity contribution in [2.75, 3.05) is 19.7 Å². The minimum Gasteiger partial charge on any atom is -0.371 e. The smallest absolute Gasteiger partial charge is 0.255 e. The molecule has 0 bridgehead atoms. The fourth-order valence-electron chi connectivity index (χ4n) is 4.49. The van der Waals surface area contributed by atoms with Gasteiger partial charge in [0.05, 0.1) is 24.0 Å². The van der Waals surface area contributed by atoms with Crippen molar-refractivity contribution in [3.8, 4) is 0 Å². The van der Waals surface area contributed by atoms with Crippen LogP contribution in [0.15, 0.2) is 30.3 Å². The van der Waals surface area contributed by atoms with E-state index >= 15 is 0 Å². The van der Waals surface area contributed by atoms with E-state index in [4.69, 9.17) is 4.74 Å². The molecule has 5 rings (SSSR count). The van der Waals surface area contributed by atoms with Crippen LogP contribution in [0.3, 0.4) is 0 Å². The molecule has 0 radical (unpaired) electrons. The van der Waals surface area contributed by atoms with Crippen molar-refractivity contribution >= 4 is 5.91 Å². The number of ether oxygens (including phenoxy) is 1. The Morgan fingerprint density at radius 3 is 2.85 bits per heavy atom. The molecule has 6 nitrogen and oxygen atoms in total. The van der Waals surface area contributed by atoms with Crippen molar-refractivity contribution in [2.24, 2.45) is 0 Å². The average molecular weight is 366 g/mol. The number of aromatic nitrogens is 2. The summed E-state index contributed by atoms with van der Waals surface area (Å²) in [6.07, 6.45) is 3.35. The number of aromatic amines is 1. The van der Waals surface area contributed by atoms with Gasteiger partial charge in [0.2, 0.25) is 0 Å². The Balaban J connectivity index is 1.24. The first-order valence-electron chi connectivity index (χ1n) is 9.95. The molecule has 2 saturated heterocycles. The molecule has 3 aliphatic rings. The fourth-order valence-corrected chi connectivity index (χ4v) is 4.49. The molecule has 0 spiro atoms. The van der Waals surface area contributed by atoms with E-state index in [9.17, 15) is 4.79 Å². The number of H-pyrrole nitrogens is 1. The molecule has 1 amide bonds. The zero-order valence-corrected chi connectivity index (χ0v) is 15.6. The van der Waals surface area contributed by atoms with Crippen molar-refractivity contribution in [1.82, 2.24) is 20.4 Å². The van der Waals surface area contributed by atoms with Crippen LogP contribution in [-0.4, -0.2) is 52.8 Å². The minimum absolute atomic E-state index is 0.0218. The highest BCUT2D eigenvalue weighted by Crippen LogP contribution is 2.41. The summed E-state index contributed by atoms with van der Waals surface area (Å²) >= 11 is 0. The lowest BCUT2D eigenvalue weighted by Crippen LogP contribution is -2.43. The monoisotopic (exact) mass is 366 g/mol. The number of nitrogens with one attached hydrogen (secondary N) is 2.